The quantitative estimate of drug-likeness (QED) is 0.371. The van der Waals surface area contributed by atoms with Gasteiger partial charge in [-0.1, -0.05) is 18.2 Å². The van der Waals surface area contributed by atoms with Crippen LogP contribution in [0, 0.1) is 34.5 Å². The number of hydrogen-bond acceptors (Lipinski definition) is 10. The van der Waals surface area contributed by atoms with Crippen LogP contribution in [-0.4, -0.2) is 123 Å². The first-order valence-electron chi connectivity index (χ1n) is 14.8. The first kappa shape index (κ1) is 30.9. The molecule has 1 aliphatic heterocycles. The summed E-state index contributed by atoms with van der Waals surface area (Å²) in [4.78, 5) is 15.8. The number of fused-ring (bicyclic) bond motifs is 2. The van der Waals surface area contributed by atoms with Crippen molar-refractivity contribution in [2.45, 2.75) is 67.0 Å². The number of carbonyl (C=O) groups excluding carboxylic acids is 1. The van der Waals surface area contributed by atoms with Crippen molar-refractivity contribution < 1.29 is 43.8 Å². The number of ether oxygens (including phenoxy) is 5. The van der Waals surface area contributed by atoms with Gasteiger partial charge < -0.3 is 43.9 Å². The number of aliphatic hydroxyl groups is 3. The summed E-state index contributed by atoms with van der Waals surface area (Å²) in [6, 6.07) is 8.46. The lowest BCUT2D eigenvalue weighted by Crippen LogP contribution is -2.79. The Kier molecular flexibility index (Phi) is 7.48. The van der Waals surface area contributed by atoms with Crippen molar-refractivity contribution in [2.24, 2.45) is 34.5 Å². The standard InChI is InChI=1S/C31H43NO9.BrH/c1-32-14-28(15-37-2)12-11-18(38-3)30-17-13-29(35)25(41-27(34)16-9-7-6-8-10-16)19(17)31(36,24(33)26(29)40-5)20(23(30)32)21(39-4)22(28)30;/h6-10,17-26,33,35-36H,11-15H2,1-5H3;1H/t17-,18?,19-,20?,21?,22-,23-,24?,25?,26+,28?,29-,30?,31-;/m1./s1. The second kappa shape index (κ2) is 10.2. The zero-order chi connectivity index (χ0) is 29.1. The molecule has 234 valence electrons. The van der Waals surface area contributed by atoms with Crippen LogP contribution in [0.4, 0.5) is 0 Å². The van der Waals surface area contributed by atoms with Crippen LogP contribution >= 0.6 is 17.0 Å². The maximum Gasteiger partial charge on any atom is 0.338 e. The third-order valence-electron chi connectivity index (χ3n) is 12.5. The summed E-state index contributed by atoms with van der Waals surface area (Å²) >= 11 is 0. The molecule has 5 saturated carbocycles. The van der Waals surface area contributed by atoms with Crippen molar-refractivity contribution in [3.63, 3.8) is 0 Å². The van der Waals surface area contributed by atoms with Gasteiger partial charge in [0.1, 0.15) is 29.5 Å². The summed E-state index contributed by atoms with van der Waals surface area (Å²) in [5.41, 5.74) is -3.95. The van der Waals surface area contributed by atoms with Crippen molar-refractivity contribution in [3.8, 4) is 0 Å². The number of carbonyl (C=O) groups is 1. The number of rotatable bonds is 7. The van der Waals surface area contributed by atoms with Crippen molar-refractivity contribution in [1.82, 2.24) is 4.90 Å². The highest BCUT2D eigenvalue weighted by atomic mass is 79.9. The minimum atomic E-state index is -1.76. The summed E-state index contributed by atoms with van der Waals surface area (Å²) in [6.07, 6.45) is -2.45. The Morgan fingerprint density at radius 3 is 2.36 bits per heavy atom. The van der Waals surface area contributed by atoms with E-state index in [1.165, 1.54) is 7.11 Å². The summed E-state index contributed by atoms with van der Waals surface area (Å²) < 4.78 is 30.6. The van der Waals surface area contributed by atoms with Crippen LogP contribution in [0.25, 0.3) is 0 Å². The van der Waals surface area contributed by atoms with Gasteiger partial charge in [-0.2, -0.15) is 0 Å². The molecule has 6 fully saturated rings. The minimum absolute atomic E-state index is 0. The van der Waals surface area contributed by atoms with E-state index in [1.807, 2.05) is 6.07 Å². The third kappa shape index (κ3) is 3.35. The van der Waals surface area contributed by atoms with E-state index < -0.39 is 58.8 Å². The van der Waals surface area contributed by atoms with Crippen LogP contribution in [0.5, 0.6) is 0 Å². The Morgan fingerprint density at radius 2 is 1.74 bits per heavy atom. The zero-order valence-corrected chi connectivity index (χ0v) is 26.6. The topological polar surface area (TPSA) is 127 Å². The molecule has 11 heteroatoms. The second-order valence-electron chi connectivity index (χ2n) is 13.6. The molecule has 42 heavy (non-hydrogen) atoms. The van der Waals surface area contributed by atoms with E-state index in [2.05, 4.69) is 11.9 Å². The molecule has 7 unspecified atom stereocenters. The summed E-state index contributed by atoms with van der Waals surface area (Å²) in [6.45, 7) is 1.29. The fourth-order valence-electron chi connectivity index (χ4n) is 11.8. The van der Waals surface area contributed by atoms with Gasteiger partial charge in [0.05, 0.1) is 24.4 Å². The first-order valence-corrected chi connectivity index (χ1v) is 14.8. The predicted octanol–water partition coefficient (Wildman–Crippen LogP) is 1.29. The number of hydrogen-bond donors (Lipinski definition) is 3. The minimum Gasteiger partial charge on any atom is -0.455 e. The molecular weight excluding hydrogens is 610 g/mol. The smallest absolute Gasteiger partial charge is 0.338 e. The van der Waals surface area contributed by atoms with Crippen molar-refractivity contribution >= 4 is 23.0 Å². The number of esters is 1. The summed E-state index contributed by atoms with van der Waals surface area (Å²) in [5, 5.41) is 37.6. The van der Waals surface area contributed by atoms with Crippen LogP contribution in [0.15, 0.2) is 30.3 Å². The predicted molar refractivity (Wildman–Crippen MR) is 155 cm³/mol. The van der Waals surface area contributed by atoms with E-state index in [4.69, 9.17) is 23.7 Å². The van der Waals surface area contributed by atoms with Gasteiger partial charge in [0.2, 0.25) is 0 Å². The molecule has 0 amide bonds. The van der Waals surface area contributed by atoms with E-state index in [0.717, 1.165) is 19.4 Å². The highest BCUT2D eigenvalue weighted by Gasteiger charge is 2.90. The highest BCUT2D eigenvalue weighted by molar-refractivity contribution is 8.93. The largest absolute Gasteiger partial charge is 0.455 e. The number of halogens is 1. The van der Waals surface area contributed by atoms with Gasteiger partial charge in [-0.25, -0.2) is 4.79 Å². The normalized spacial score (nSPS) is 51.6. The molecule has 1 spiro atoms. The van der Waals surface area contributed by atoms with Gasteiger partial charge in [0.25, 0.3) is 0 Å². The molecule has 5 aliphatic carbocycles. The van der Waals surface area contributed by atoms with Gasteiger partial charge in [-0.3, -0.25) is 0 Å². The molecule has 1 heterocycles. The Bertz CT molecular complexity index is 1210. The lowest BCUT2D eigenvalue weighted by molar-refractivity contribution is -0.313. The average Bonchev–Trinajstić information content (AvgIpc) is 3.36. The molecule has 1 aromatic carbocycles. The van der Waals surface area contributed by atoms with Crippen molar-refractivity contribution in [3.05, 3.63) is 35.9 Å². The first-order chi connectivity index (χ1) is 19.6. The van der Waals surface area contributed by atoms with E-state index >= 15 is 0 Å². The van der Waals surface area contributed by atoms with Gasteiger partial charge in [-0.15, -0.1) is 17.0 Å². The van der Waals surface area contributed by atoms with Crippen molar-refractivity contribution in [2.75, 3.05) is 48.6 Å². The Hall–Kier alpha value is -1.15. The van der Waals surface area contributed by atoms with Crippen LogP contribution in [-0.2, 0) is 23.7 Å². The number of benzene rings is 1. The van der Waals surface area contributed by atoms with Gasteiger partial charge >= 0.3 is 5.97 Å². The number of methoxy groups -OCH3 is 4. The van der Waals surface area contributed by atoms with Crippen LogP contribution in [0.3, 0.4) is 0 Å². The SMILES string of the molecule is Br.COCC12CCC(OC)C34[C@@H]5C[C@@]6(O)C(OC(=O)c7ccccc7)[C@@H]5[C@@](O)(C(C(OC)[C@H]13)[C@H]4N(C)C2)C(O)[C@@H]6OC. The number of nitrogens with zero attached hydrogens (tertiary/aromatic N) is 1. The molecule has 7 bridgehead atoms. The summed E-state index contributed by atoms with van der Waals surface area (Å²) in [7, 11) is 8.65. The maximum atomic E-state index is 13.5. The third-order valence-corrected chi connectivity index (χ3v) is 12.5. The number of likely N-dealkylation sites (tertiary alicyclic amines) is 1. The fourth-order valence-corrected chi connectivity index (χ4v) is 11.8. The van der Waals surface area contributed by atoms with Crippen LogP contribution < -0.4 is 0 Å². The molecule has 0 radical (unpaired) electrons. The molecule has 0 aromatic heterocycles. The monoisotopic (exact) mass is 653 g/mol. The molecular formula is C31H44BrNO9. The Balaban J connectivity index is 0.00000316. The number of piperidine rings is 1. The van der Waals surface area contributed by atoms with Crippen LogP contribution in [0.2, 0.25) is 0 Å². The van der Waals surface area contributed by atoms with Gasteiger partial charge in [0.15, 0.2) is 0 Å². The molecule has 14 atom stereocenters. The molecule has 10 nitrogen and oxygen atoms in total. The molecule has 1 saturated heterocycles. The lowest BCUT2D eigenvalue weighted by atomic mass is 9.43. The molecule has 1 aromatic rings. The van der Waals surface area contributed by atoms with E-state index in [0.29, 0.717) is 12.2 Å². The second-order valence-corrected chi connectivity index (χ2v) is 13.6. The van der Waals surface area contributed by atoms with Gasteiger partial charge in [0, 0.05) is 69.6 Å². The Labute approximate surface area is 257 Å². The summed E-state index contributed by atoms with van der Waals surface area (Å²) in [5.74, 6) is -2.30. The maximum absolute atomic E-state index is 13.5. The molecule has 3 N–H and O–H groups in total. The van der Waals surface area contributed by atoms with E-state index in [1.54, 1.807) is 45.6 Å². The van der Waals surface area contributed by atoms with E-state index in [9.17, 15) is 20.1 Å². The van der Waals surface area contributed by atoms with Crippen molar-refractivity contribution in [1.29, 1.82) is 0 Å². The Morgan fingerprint density at radius 1 is 1.02 bits per heavy atom. The van der Waals surface area contributed by atoms with Crippen LogP contribution in [0.1, 0.15) is 29.6 Å². The average molecular weight is 655 g/mol. The van der Waals surface area contributed by atoms with Gasteiger partial charge in [-0.05, 0) is 44.4 Å². The zero-order valence-electron chi connectivity index (χ0n) is 24.8. The van der Waals surface area contributed by atoms with E-state index in [-0.39, 0.29) is 52.8 Å². The molecule has 6 aliphatic rings. The fraction of sp³-hybridized carbons (Fsp3) is 0.774. The molecule has 7 rings (SSSR count). The lowest BCUT2D eigenvalue weighted by Gasteiger charge is -2.69. The number of aliphatic hydroxyl groups excluding tert-OH is 1. The highest BCUT2D eigenvalue weighted by Crippen LogP contribution is 2.80.